The van der Waals surface area contributed by atoms with E-state index < -0.39 is 11.8 Å². The largest absolute Gasteiger partial charge is 0.446 e. The minimum atomic E-state index is -1.63. The lowest BCUT2D eigenvalue weighted by Gasteiger charge is -2.41. The molecule has 1 unspecified atom stereocenters. The lowest BCUT2D eigenvalue weighted by Crippen LogP contribution is -2.53. The molecule has 2 amide bonds. The van der Waals surface area contributed by atoms with E-state index in [4.69, 9.17) is 14.2 Å². The fourth-order valence-electron chi connectivity index (χ4n) is 4.20. The summed E-state index contributed by atoms with van der Waals surface area (Å²) in [5.41, 5.74) is 1.25. The van der Waals surface area contributed by atoms with Gasteiger partial charge in [-0.05, 0) is 24.6 Å². The third-order valence-electron chi connectivity index (χ3n) is 6.08. The maximum absolute atomic E-state index is 14.3. The molecule has 2 fully saturated rings. The molecule has 5 rings (SSSR count). The van der Waals surface area contributed by atoms with Crippen LogP contribution in [0.25, 0.3) is 11.1 Å². The number of fused-ring (bicyclic) bond motifs is 1. The standard InChI is InChI=1S/C22H25FN4O5/c1-14-7-25(21(29)32-13-22(23)11-31-12-22)20-5-16(3-4-19(20)27(14)15(2)28)17-6-24-26(8-17)18-9-30-10-18/h3-6,8,14,18H,7,9-13H2,1-2H3. The van der Waals surface area contributed by atoms with Crippen LogP contribution in [-0.2, 0) is 19.0 Å². The molecule has 32 heavy (non-hydrogen) atoms. The van der Waals surface area contributed by atoms with Crippen LogP contribution in [0.15, 0.2) is 30.6 Å². The van der Waals surface area contributed by atoms with Crippen molar-refractivity contribution in [2.75, 3.05) is 49.4 Å². The average Bonchev–Trinajstić information content (AvgIpc) is 3.17. The predicted octanol–water partition coefficient (Wildman–Crippen LogP) is 2.56. The summed E-state index contributed by atoms with van der Waals surface area (Å²) in [4.78, 5) is 28.4. The first-order valence-corrected chi connectivity index (χ1v) is 10.6. The third-order valence-corrected chi connectivity index (χ3v) is 6.08. The van der Waals surface area contributed by atoms with Crippen molar-refractivity contribution in [1.29, 1.82) is 0 Å². The van der Waals surface area contributed by atoms with Gasteiger partial charge in [0, 0.05) is 25.2 Å². The monoisotopic (exact) mass is 444 g/mol. The van der Waals surface area contributed by atoms with Crippen molar-refractivity contribution in [3.05, 3.63) is 30.6 Å². The van der Waals surface area contributed by atoms with Crippen molar-refractivity contribution in [3.63, 3.8) is 0 Å². The molecular weight excluding hydrogens is 419 g/mol. The van der Waals surface area contributed by atoms with E-state index in [1.807, 2.05) is 36.0 Å². The molecule has 0 saturated carbocycles. The van der Waals surface area contributed by atoms with Crippen molar-refractivity contribution < 1.29 is 28.2 Å². The number of rotatable bonds is 4. The Morgan fingerprint density at radius 2 is 2.00 bits per heavy atom. The summed E-state index contributed by atoms with van der Waals surface area (Å²) < 4.78 is 31.5. The van der Waals surface area contributed by atoms with Gasteiger partial charge in [-0.1, -0.05) is 6.07 Å². The van der Waals surface area contributed by atoms with Gasteiger partial charge in [0.1, 0.15) is 6.61 Å². The third kappa shape index (κ3) is 3.63. The van der Waals surface area contributed by atoms with E-state index in [0.29, 0.717) is 24.6 Å². The minimum Gasteiger partial charge on any atom is -0.446 e. The second kappa shape index (κ2) is 7.86. The Labute approximate surface area is 184 Å². The summed E-state index contributed by atoms with van der Waals surface area (Å²) in [7, 11) is 0. The van der Waals surface area contributed by atoms with Crippen LogP contribution < -0.4 is 9.80 Å². The SMILES string of the molecule is CC(=O)N1c2ccc(-c3cnn(C4COC4)c3)cc2N(C(=O)OCC2(F)COC2)CC1C. The minimum absolute atomic E-state index is 0.0778. The van der Waals surface area contributed by atoms with E-state index >= 15 is 0 Å². The van der Waals surface area contributed by atoms with Gasteiger partial charge >= 0.3 is 6.09 Å². The molecule has 1 atom stereocenters. The van der Waals surface area contributed by atoms with Gasteiger partial charge in [-0.25, -0.2) is 9.18 Å². The number of carbonyl (C=O) groups excluding carboxylic acids is 2. The molecule has 0 radical (unpaired) electrons. The molecule has 2 saturated heterocycles. The summed E-state index contributed by atoms with van der Waals surface area (Å²) in [5.74, 6) is -0.119. The summed E-state index contributed by atoms with van der Waals surface area (Å²) >= 11 is 0. The van der Waals surface area contributed by atoms with E-state index in [9.17, 15) is 14.0 Å². The van der Waals surface area contributed by atoms with Crippen LogP contribution in [0, 0.1) is 0 Å². The lowest BCUT2D eigenvalue weighted by molar-refractivity contribution is -0.150. The normalized spacial score (nSPS) is 22.0. The van der Waals surface area contributed by atoms with Gasteiger partial charge in [0.05, 0.1) is 56.1 Å². The molecule has 0 aliphatic carbocycles. The fraction of sp³-hybridized carbons (Fsp3) is 0.500. The van der Waals surface area contributed by atoms with Crippen molar-refractivity contribution in [1.82, 2.24) is 9.78 Å². The smallest absolute Gasteiger partial charge is 0.414 e. The van der Waals surface area contributed by atoms with Gasteiger partial charge in [-0.2, -0.15) is 5.10 Å². The summed E-state index contributed by atoms with van der Waals surface area (Å²) in [6.07, 6.45) is 3.06. The van der Waals surface area contributed by atoms with Crippen molar-refractivity contribution in [3.8, 4) is 11.1 Å². The quantitative estimate of drug-likeness (QED) is 0.721. The molecule has 4 heterocycles. The Morgan fingerprint density at radius 1 is 1.22 bits per heavy atom. The Hall–Kier alpha value is -2.98. The molecule has 0 spiro atoms. The van der Waals surface area contributed by atoms with Gasteiger partial charge in [0.25, 0.3) is 0 Å². The number of amides is 2. The number of halogens is 1. The van der Waals surface area contributed by atoms with Gasteiger partial charge in [0.15, 0.2) is 5.67 Å². The van der Waals surface area contributed by atoms with E-state index in [0.717, 1.165) is 11.1 Å². The molecule has 3 aliphatic heterocycles. The molecular formula is C22H25FN4O5. The highest BCUT2D eigenvalue weighted by Crippen LogP contribution is 2.39. The Bertz CT molecular complexity index is 1050. The van der Waals surface area contributed by atoms with Gasteiger partial charge < -0.3 is 19.1 Å². The predicted molar refractivity (Wildman–Crippen MR) is 113 cm³/mol. The second-order valence-corrected chi connectivity index (χ2v) is 8.65. The first-order valence-electron chi connectivity index (χ1n) is 10.6. The highest BCUT2D eigenvalue weighted by molar-refractivity contribution is 6.03. The number of benzene rings is 1. The Morgan fingerprint density at radius 3 is 2.62 bits per heavy atom. The molecule has 10 heteroatoms. The van der Waals surface area contributed by atoms with Gasteiger partial charge in [0.2, 0.25) is 5.91 Å². The van der Waals surface area contributed by atoms with Crippen LogP contribution in [0.4, 0.5) is 20.6 Å². The molecule has 1 aromatic carbocycles. The van der Waals surface area contributed by atoms with Crippen LogP contribution in [0.3, 0.4) is 0 Å². The summed E-state index contributed by atoms with van der Waals surface area (Å²) in [6.45, 7) is 4.35. The molecule has 3 aliphatic rings. The van der Waals surface area contributed by atoms with Crippen molar-refractivity contribution in [2.24, 2.45) is 0 Å². The number of alkyl halides is 1. The topological polar surface area (TPSA) is 86.1 Å². The number of ether oxygens (including phenoxy) is 3. The Balaban J connectivity index is 1.46. The maximum atomic E-state index is 14.3. The zero-order chi connectivity index (χ0) is 22.5. The summed E-state index contributed by atoms with van der Waals surface area (Å²) in [5, 5.41) is 4.42. The number of aromatic nitrogens is 2. The number of carbonyl (C=O) groups is 2. The average molecular weight is 444 g/mol. The zero-order valence-corrected chi connectivity index (χ0v) is 18.0. The highest BCUT2D eigenvalue weighted by Gasteiger charge is 2.42. The number of nitrogens with zero attached hydrogens (tertiary/aromatic N) is 4. The van der Waals surface area contributed by atoms with Crippen LogP contribution in [0.5, 0.6) is 0 Å². The van der Waals surface area contributed by atoms with Crippen molar-refractivity contribution in [2.45, 2.75) is 31.6 Å². The summed E-state index contributed by atoms with van der Waals surface area (Å²) in [6, 6.07) is 5.53. The zero-order valence-electron chi connectivity index (χ0n) is 18.0. The van der Waals surface area contributed by atoms with E-state index in [2.05, 4.69) is 5.10 Å². The molecule has 2 aromatic rings. The van der Waals surface area contributed by atoms with E-state index in [1.54, 1.807) is 11.1 Å². The van der Waals surface area contributed by atoms with Crippen LogP contribution in [-0.4, -0.2) is 73.1 Å². The maximum Gasteiger partial charge on any atom is 0.414 e. The highest BCUT2D eigenvalue weighted by atomic mass is 19.1. The molecule has 9 nitrogen and oxygen atoms in total. The molecule has 170 valence electrons. The molecule has 0 bridgehead atoms. The number of hydrogen-bond acceptors (Lipinski definition) is 6. The van der Waals surface area contributed by atoms with Crippen LogP contribution in [0.2, 0.25) is 0 Å². The number of hydrogen-bond donors (Lipinski definition) is 0. The Kier molecular flexibility index (Phi) is 5.13. The van der Waals surface area contributed by atoms with Gasteiger partial charge in [-0.15, -0.1) is 0 Å². The van der Waals surface area contributed by atoms with Gasteiger partial charge in [-0.3, -0.25) is 14.4 Å². The molecule has 1 aromatic heterocycles. The van der Waals surface area contributed by atoms with Crippen molar-refractivity contribution >= 4 is 23.4 Å². The fourth-order valence-corrected chi connectivity index (χ4v) is 4.20. The first kappa shape index (κ1) is 20.9. The lowest BCUT2D eigenvalue weighted by atomic mass is 10.0. The molecule has 0 N–H and O–H groups in total. The first-order chi connectivity index (χ1) is 15.3. The second-order valence-electron chi connectivity index (χ2n) is 8.65. The van der Waals surface area contributed by atoms with E-state index in [1.165, 1.54) is 11.8 Å². The van der Waals surface area contributed by atoms with Crippen LogP contribution in [0.1, 0.15) is 19.9 Å². The van der Waals surface area contributed by atoms with Crippen LogP contribution >= 0.6 is 0 Å². The van der Waals surface area contributed by atoms with E-state index in [-0.39, 0.29) is 44.4 Å². The number of anilines is 2.